The summed E-state index contributed by atoms with van der Waals surface area (Å²) < 4.78 is 13.0. The molecule has 6 heteroatoms. The summed E-state index contributed by atoms with van der Waals surface area (Å²) in [5.41, 5.74) is -0.617. The number of nitrogens with one attached hydrogen (secondary N) is 1. The molecule has 1 aromatic rings. The van der Waals surface area contributed by atoms with Crippen molar-refractivity contribution in [1.82, 2.24) is 0 Å². The van der Waals surface area contributed by atoms with E-state index in [1.165, 1.54) is 0 Å². The van der Waals surface area contributed by atoms with Gasteiger partial charge in [-0.05, 0) is 12.1 Å². The van der Waals surface area contributed by atoms with Crippen molar-refractivity contribution in [2.45, 2.75) is 6.92 Å². The summed E-state index contributed by atoms with van der Waals surface area (Å²) in [6.45, 7) is 1.16. The second-order valence-corrected chi connectivity index (χ2v) is 2.84. The molecule has 0 aromatic heterocycles. The number of aromatic carboxylic acids is 1. The molecule has 0 aliphatic rings. The van der Waals surface area contributed by atoms with Crippen LogP contribution >= 0.6 is 0 Å². The van der Waals surface area contributed by atoms with Gasteiger partial charge in [0.2, 0.25) is 5.91 Å². The van der Waals surface area contributed by atoms with Crippen LogP contribution in [0.3, 0.4) is 0 Å². The molecule has 1 aromatic carbocycles. The van der Waals surface area contributed by atoms with Crippen LogP contribution < -0.4 is 5.32 Å². The Bertz CT molecular complexity index is 430. The van der Waals surface area contributed by atoms with Crippen LogP contribution in [0.25, 0.3) is 0 Å². The zero-order chi connectivity index (χ0) is 11.6. The number of anilines is 1. The van der Waals surface area contributed by atoms with E-state index in [0.717, 1.165) is 13.0 Å². The fraction of sp³-hybridized carbons (Fsp3) is 0.111. The van der Waals surface area contributed by atoms with Gasteiger partial charge in [0.1, 0.15) is 0 Å². The van der Waals surface area contributed by atoms with Crippen molar-refractivity contribution in [3.8, 4) is 5.75 Å². The lowest BCUT2D eigenvalue weighted by Gasteiger charge is -2.06. The highest BCUT2D eigenvalue weighted by Gasteiger charge is 2.14. The van der Waals surface area contributed by atoms with Crippen molar-refractivity contribution < 1.29 is 24.2 Å². The highest BCUT2D eigenvalue weighted by atomic mass is 19.1. The predicted octanol–water partition coefficient (Wildman–Crippen LogP) is 1.19. The molecule has 0 radical (unpaired) electrons. The third-order valence-electron chi connectivity index (χ3n) is 1.62. The average Bonchev–Trinajstić information content (AvgIpc) is 2.11. The maximum Gasteiger partial charge on any atom is 0.335 e. The van der Waals surface area contributed by atoms with Crippen LogP contribution in [0.5, 0.6) is 5.75 Å². The van der Waals surface area contributed by atoms with Crippen molar-refractivity contribution in [2.75, 3.05) is 5.32 Å². The monoisotopic (exact) mass is 213 g/mol. The highest BCUT2D eigenvalue weighted by Crippen LogP contribution is 2.28. The lowest BCUT2D eigenvalue weighted by atomic mass is 10.1. The number of phenols is 1. The van der Waals surface area contributed by atoms with E-state index in [2.05, 4.69) is 5.32 Å². The summed E-state index contributed by atoms with van der Waals surface area (Å²) in [6, 6.07) is 1.64. The van der Waals surface area contributed by atoms with Crippen LogP contribution in [0.4, 0.5) is 10.1 Å². The van der Waals surface area contributed by atoms with E-state index in [1.54, 1.807) is 0 Å². The van der Waals surface area contributed by atoms with Gasteiger partial charge in [-0.25, -0.2) is 9.18 Å². The number of hydrogen-bond donors (Lipinski definition) is 3. The average molecular weight is 213 g/mol. The van der Waals surface area contributed by atoms with E-state index < -0.39 is 23.4 Å². The SMILES string of the molecule is CC(=O)Nc1cc(C(=O)O)cc(F)c1O. The smallest absolute Gasteiger partial charge is 0.335 e. The van der Waals surface area contributed by atoms with Crippen molar-refractivity contribution in [3.05, 3.63) is 23.5 Å². The number of carbonyl (C=O) groups is 2. The topological polar surface area (TPSA) is 86.6 Å². The molecule has 80 valence electrons. The third kappa shape index (κ3) is 2.43. The number of carboxylic acid groups (broad SMARTS) is 1. The molecule has 0 fully saturated rings. The summed E-state index contributed by atoms with van der Waals surface area (Å²) in [7, 11) is 0. The minimum Gasteiger partial charge on any atom is -0.503 e. The van der Waals surface area contributed by atoms with Gasteiger partial charge in [-0.2, -0.15) is 0 Å². The van der Waals surface area contributed by atoms with Crippen molar-refractivity contribution in [1.29, 1.82) is 0 Å². The number of halogens is 1. The molecule has 0 heterocycles. The Morgan fingerprint density at radius 2 is 2.00 bits per heavy atom. The number of carboxylic acids is 1. The third-order valence-corrected chi connectivity index (χ3v) is 1.62. The minimum absolute atomic E-state index is 0.264. The first-order chi connectivity index (χ1) is 6.91. The van der Waals surface area contributed by atoms with Gasteiger partial charge in [0.25, 0.3) is 0 Å². The molecule has 0 saturated carbocycles. The molecule has 0 saturated heterocycles. The number of rotatable bonds is 2. The van der Waals surface area contributed by atoms with E-state index in [1.807, 2.05) is 0 Å². The van der Waals surface area contributed by atoms with Crippen LogP contribution in [0.15, 0.2) is 12.1 Å². The van der Waals surface area contributed by atoms with Gasteiger partial charge in [-0.1, -0.05) is 0 Å². The normalized spacial score (nSPS) is 9.73. The molecule has 1 rings (SSSR count). The number of amides is 1. The summed E-state index contributed by atoms with van der Waals surface area (Å²) in [5.74, 6) is -3.76. The molecule has 0 atom stereocenters. The Balaban J connectivity index is 3.24. The van der Waals surface area contributed by atoms with E-state index >= 15 is 0 Å². The van der Waals surface area contributed by atoms with Crippen molar-refractivity contribution >= 4 is 17.6 Å². The van der Waals surface area contributed by atoms with Gasteiger partial charge >= 0.3 is 5.97 Å². The minimum atomic E-state index is -1.35. The standard InChI is InChI=1S/C9H8FNO4/c1-4(12)11-7-3-5(9(14)15)2-6(10)8(7)13/h2-3,13H,1H3,(H,11,12)(H,14,15). The Hall–Kier alpha value is -2.11. The molecule has 3 N–H and O–H groups in total. The largest absolute Gasteiger partial charge is 0.503 e. The molecule has 1 amide bonds. The second kappa shape index (κ2) is 3.95. The van der Waals surface area contributed by atoms with Crippen molar-refractivity contribution in [2.24, 2.45) is 0 Å². The van der Waals surface area contributed by atoms with Gasteiger partial charge < -0.3 is 15.5 Å². The Labute approximate surface area is 84.2 Å². The molecule has 0 aliphatic heterocycles. The van der Waals surface area contributed by atoms with Crippen LogP contribution in [-0.2, 0) is 4.79 Å². The summed E-state index contributed by atoms with van der Waals surface area (Å²) in [6.07, 6.45) is 0. The summed E-state index contributed by atoms with van der Waals surface area (Å²) >= 11 is 0. The first kappa shape index (κ1) is 11.0. The van der Waals surface area contributed by atoms with Gasteiger partial charge in [-0.15, -0.1) is 0 Å². The number of phenolic OH excluding ortho intramolecular Hbond substituents is 1. The molecule has 0 aliphatic carbocycles. The van der Waals surface area contributed by atoms with Crippen molar-refractivity contribution in [3.63, 3.8) is 0 Å². The maximum absolute atomic E-state index is 13.0. The van der Waals surface area contributed by atoms with Gasteiger partial charge in [0.15, 0.2) is 11.6 Å². The molecule has 0 bridgehead atoms. The van der Waals surface area contributed by atoms with Gasteiger partial charge in [-0.3, -0.25) is 4.79 Å². The van der Waals surface area contributed by atoms with E-state index in [-0.39, 0.29) is 11.3 Å². The fourth-order valence-electron chi connectivity index (χ4n) is 1.01. The van der Waals surface area contributed by atoms with Crippen LogP contribution in [0.2, 0.25) is 0 Å². The molecular weight excluding hydrogens is 205 g/mol. The molecule has 15 heavy (non-hydrogen) atoms. The summed E-state index contributed by atoms with van der Waals surface area (Å²) in [4.78, 5) is 21.2. The molecule has 5 nitrogen and oxygen atoms in total. The fourth-order valence-corrected chi connectivity index (χ4v) is 1.01. The molecule has 0 unspecified atom stereocenters. The first-order valence-electron chi connectivity index (χ1n) is 3.95. The highest BCUT2D eigenvalue weighted by molar-refractivity contribution is 5.94. The van der Waals surface area contributed by atoms with E-state index in [0.29, 0.717) is 6.07 Å². The number of aromatic hydroxyl groups is 1. The zero-order valence-corrected chi connectivity index (χ0v) is 7.74. The van der Waals surface area contributed by atoms with Gasteiger partial charge in [0.05, 0.1) is 11.3 Å². The van der Waals surface area contributed by atoms with Crippen LogP contribution in [0.1, 0.15) is 17.3 Å². The zero-order valence-electron chi connectivity index (χ0n) is 7.74. The Morgan fingerprint density at radius 3 is 2.47 bits per heavy atom. The Kier molecular flexibility index (Phi) is 2.89. The lowest BCUT2D eigenvalue weighted by Crippen LogP contribution is -2.08. The number of carbonyl (C=O) groups excluding carboxylic acids is 1. The quantitative estimate of drug-likeness (QED) is 0.644. The van der Waals surface area contributed by atoms with E-state index in [4.69, 9.17) is 5.11 Å². The molecular formula is C9H8FNO4. The molecule has 0 spiro atoms. The predicted molar refractivity (Wildman–Crippen MR) is 49.3 cm³/mol. The van der Waals surface area contributed by atoms with Crippen LogP contribution in [-0.4, -0.2) is 22.1 Å². The maximum atomic E-state index is 13.0. The van der Waals surface area contributed by atoms with E-state index in [9.17, 15) is 19.1 Å². The van der Waals surface area contributed by atoms with Crippen LogP contribution in [0, 0.1) is 5.82 Å². The second-order valence-electron chi connectivity index (χ2n) is 2.84. The number of hydrogen-bond acceptors (Lipinski definition) is 3. The summed E-state index contributed by atoms with van der Waals surface area (Å²) in [5, 5.41) is 19.9. The lowest BCUT2D eigenvalue weighted by molar-refractivity contribution is -0.114. The van der Waals surface area contributed by atoms with Gasteiger partial charge in [0, 0.05) is 6.92 Å². The first-order valence-corrected chi connectivity index (χ1v) is 3.95. The Morgan fingerprint density at radius 1 is 1.40 bits per heavy atom. The number of benzene rings is 1.